The minimum absolute atomic E-state index is 0.400. The van der Waals surface area contributed by atoms with Crippen molar-refractivity contribution in [2.75, 3.05) is 0 Å². The Morgan fingerprint density at radius 2 is 1.60 bits per heavy atom. The molecule has 3 rings (SSSR count). The number of allylic oxidation sites excluding steroid dienone is 3. The van der Waals surface area contributed by atoms with E-state index in [9.17, 15) is 9.59 Å². The summed E-state index contributed by atoms with van der Waals surface area (Å²) in [5.74, 6) is -0.419. The fraction of sp³-hybridized carbons (Fsp3) is 0.0909. The van der Waals surface area contributed by atoms with Crippen molar-refractivity contribution in [3.8, 4) is 0 Å². The fourth-order valence-electron chi connectivity index (χ4n) is 2.74. The van der Waals surface area contributed by atoms with Crippen LogP contribution in [0.25, 0.3) is 5.76 Å². The lowest BCUT2D eigenvalue weighted by atomic mass is 9.94. The first-order valence-electron chi connectivity index (χ1n) is 8.07. The summed E-state index contributed by atoms with van der Waals surface area (Å²) in [4.78, 5) is 23.5. The third-order valence-corrected chi connectivity index (χ3v) is 4.01. The maximum Gasteiger partial charge on any atom is 0.225 e. The van der Waals surface area contributed by atoms with Crippen LogP contribution in [0.5, 0.6) is 0 Å². The molecule has 0 fully saturated rings. The van der Waals surface area contributed by atoms with E-state index in [4.69, 9.17) is 4.74 Å². The number of benzene rings is 2. The highest BCUT2D eigenvalue weighted by atomic mass is 16.5. The van der Waals surface area contributed by atoms with E-state index in [1.54, 1.807) is 0 Å². The minimum atomic E-state index is -0.614. The monoisotopic (exact) mass is 330 g/mol. The Morgan fingerprint density at radius 1 is 0.960 bits per heavy atom. The van der Waals surface area contributed by atoms with E-state index >= 15 is 0 Å². The van der Waals surface area contributed by atoms with Crippen LogP contribution in [0.1, 0.15) is 23.7 Å². The molecule has 0 N–H and O–H groups in total. The van der Waals surface area contributed by atoms with E-state index in [1.165, 1.54) is 6.08 Å². The highest BCUT2D eigenvalue weighted by molar-refractivity contribution is 6.45. The predicted molar refractivity (Wildman–Crippen MR) is 97.6 cm³/mol. The fourth-order valence-corrected chi connectivity index (χ4v) is 2.74. The molecule has 0 saturated carbocycles. The smallest absolute Gasteiger partial charge is 0.225 e. The molecule has 1 unspecified atom stereocenters. The second kappa shape index (κ2) is 7.58. The largest absolute Gasteiger partial charge is 0.481 e. The molecule has 0 aliphatic carbocycles. The first-order valence-corrected chi connectivity index (χ1v) is 8.07. The molecular weight excluding hydrogens is 312 g/mol. The quantitative estimate of drug-likeness (QED) is 0.601. The van der Waals surface area contributed by atoms with Crippen molar-refractivity contribution in [3.05, 3.63) is 102 Å². The lowest BCUT2D eigenvalue weighted by Crippen LogP contribution is -2.15. The van der Waals surface area contributed by atoms with Gasteiger partial charge in [0.2, 0.25) is 11.6 Å². The van der Waals surface area contributed by atoms with Gasteiger partial charge < -0.3 is 4.74 Å². The lowest BCUT2D eigenvalue weighted by Gasteiger charge is -2.28. The number of ether oxygens (including phenoxy) is 1. The molecule has 0 spiro atoms. The number of rotatable bonds is 5. The molecule has 1 heterocycles. The van der Waals surface area contributed by atoms with Crippen LogP contribution in [0.2, 0.25) is 0 Å². The number of carbonyl (C=O) groups is 2. The second-order valence-corrected chi connectivity index (χ2v) is 5.70. The number of ketones is 2. The van der Waals surface area contributed by atoms with Gasteiger partial charge in [0.1, 0.15) is 11.9 Å². The van der Waals surface area contributed by atoms with Crippen molar-refractivity contribution in [3.63, 3.8) is 0 Å². The summed E-state index contributed by atoms with van der Waals surface area (Å²) in [6.45, 7) is 3.36. The summed E-state index contributed by atoms with van der Waals surface area (Å²) in [7, 11) is 0. The summed E-state index contributed by atoms with van der Waals surface area (Å²) in [5.41, 5.74) is 2.68. The summed E-state index contributed by atoms with van der Waals surface area (Å²) in [6.07, 6.45) is 4.49. The third kappa shape index (κ3) is 3.83. The van der Waals surface area contributed by atoms with Crippen LogP contribution < -0.4 is 0 Å². The Balaban J connectivity index is 1.98. The topological polar surface area (TPSA) is 43.4 Å². The molecule has 1 atom stereocenters. The molecular formula is C22H18O3. The van der Waals surface area contributed by atoms with Crippen LogP contribution in [0, 0.1) is 0 Å². The summed E-state index contributed by atoms with van der Waals surface area (Å²) >= 11 is 0. The highest BCUT2D eigenvalue weighted by Gasteiger charge is 2.25. The average Bonchev–Trinajstić information content (AvgIpc) is 2.69. The summed E-state index contributed by atoms with van der Waals surface area (Å²) < 4.78 is 6.19. The summed E-state index contributed by atoms with van der Waals surface area (Å²) in [5, 5.41) is 0. The van der Waals surface area contributed by atoms with Crippen LogP contribution in [0.4, 0.5) is 0 Å². The molecule has 2 aromatic carbocycles. The van der Waals surface area contributed by atoms with Crippen LogP contribution >= 0.6 is 0 Å². The van der Waals surface area contributed by atoms with E-state index in [-0.39, 0.29) is 0 Å². The van der Waals surface area contributed by atoms with Crippen LogP contribution in [-0.2, 0) is 14.3 Å². The van der Waals surface area contributed by atoms with Gasteiger partial charge in [0.25, 0.3) is 0 Å². The second-order valence-electron chi connectivity index (χ2n) is 5.70. The molecule has 0 bridgehead atoms. The molecule has 1 aliphatic rings. The van der Waals surface area contributed by atoms with Crippen LogP contribution in [0.15, 0.2) is 91.0 Å². The molecule has 0 aromatic heterocycles. The van der Waals surface area contributed by atoms with Crippen LogP contribution in [0.3, 0.4) is 0 Å². The van der Waals surface area contributed by atoms with Crippen molar-refractivity contribution in [2.24, 2.45) is 0 Å². The van der Waals surface area contributed by atoms with Gasteiger partial charge in [-0.05, 0) is 35.8 Å². The van der Waals surface area contributed by atoms with E-state index < -0.39 is 17.7 Å². The number of carbonyl (C=O) groups excluding carboxylic acids is 2. The van der Waals surface area contributed by atoms with Gasteiger partial charge in [-0.1, -0.05) is 67.2 Å². The number of hydrogen-bond donors (Lipinski definition) is 0. The summed E-state index contributed by atoms with van der Waals surface area (Å²) in [6, 6.07) is 19.5. The molecule has 0 saturated heterocycles. The maximum atomic E-state index is 12.0. The van der Waals surface area contributed by atoms with Gasteiger partial charge in [0, 0.05) is 5.56 Å². The van der Waals surface area contributed by atoms with Crippen molar-refractivity contribution in [1.82, 2.24) is 0 Å². The van der Waals surface area contributed by atoms with E-state index in [0.717, 1.165) is 28.5 Å². The first kappa shape index (κ1) is 16.7. The van der Waals surface area contributed by atoms with E-state index in [2.05, 4.69) is 6.58 Å². The molecule has 1 aliphatic heterocycles. The van der Waals surface area contributed by atoms with Crippen LogP contribution in [-0.4, -0.2) is 11.6 Å². The SMILES string of the molecule is C=CC(=O)C(=O)C=C1CC=C(c2ccccc2)OC1c1ccccc1. The molecule has 2 aromatic rings. The minimum Gasteiger partial charge on any atom is -0.481 e. The standard InChI is InChI=1S/C22H18O3/c1-2-19(23)20(24)15-18-13-14-21(16-9-5-3-6-10-16)25-22(18)17-11-7-4-8-12-17/h2-12,14-15,22H,1,13H2. The third-order valence-electron chi connectivity index (χ3n) is 4.01. The highest BCUT2D eigenvalue weighted by Crippen LogP contribution is 2.38. The lowest BCUT2D eigenvalue weighted by molar-refractivity contribution is -0.131. The Bertz CT molecular complexity index is 845. The van der Waals surface area contributed by atoms with Gasteiger partial charge in [0.15, 0.2) is 0 Å². The Morgan fingerprint density at radius 3 is 2.24 bits per heavy atom. The van der Waals surface area contributed by atoms with Gasteiger partial charge in [-0.25, -0.2) is 0 Å². The Labute approximate surface area is 146 Å². The zero-order valence-corrected chi connectivity index (χ0v) is 13.7. The maximum absolute atomic E-state index is 12.0. The zero-order valence-electron chi connectivity index (χ0n) is 13.7. The van der Waals surface area contributed by atoms with Crippen molar-refractivity contribution in [1.29, 1.82) is 0 Å². The Hall–Kier alpha value is -3.20. The Kier molecular flexibility index (Phi) is 5.05. The molecule has 3 nitrogen and oxygen atoms in total. The molecule has 25 heavy (non-hydrogen) atoms. The predicted octanol–water partition coefficient (Wildman–Crippen LogP) is 4.44. The van der Waals surface area contributed by atoms with Gasteiger partial charge in [-0.3, -0.25) is 9.59 Å². The molecule has 0 amide bonds. The first-order chi connectivity index (χ1) is 12.2. The van der Waals surface area contributed by atoms with E-state index in [0.29, 0.717) is 6.42 Å². The molecule has 0 radical (unpaired) electrons. The molecule has 3 heteroatoms. The zero-order chi connectivity index (χ0) is 17.6. The number of hydrogen-bond acceptors (Lipinski definition) is 3. The molecule has 124 valence electrons. The van der Waals surface area contributed by atoms with Gasteiger partial charge in [-0.15, -0.1) is 0 Å². The van der Waals surface area contributed by atoms with E-state index in [1.807, 2.05) is 66.7 Å². The van der Waals surface area contributed by atoms with Crippen molar-refractivity contribution in [2.45, 2.75) is 12.5 Å². The van der Waals surface area contributed by atoms with Gasteiger partial charge >= 0.3 is 0 Å². The average molecular weight is 330 g/mol. The normalized spacial score (nSPS) is 18.2. The van der Waals surface area contributed by atoms with Crippen molar-refractivity contribution >= 4 is 17.3 Å². The van der Waals surface area contributed by atoms with Gasteiger partial charge in [0.05, 0.1) is 0 Å². The van der Waals surface area contributed by atoms with Gasteiger partial charge in [-0.2, -0.15) is 0 Å². The van der Waals surface area contributed by atoms with Crippen molar-refractivity contribution < 1.29 is 14.3 Å².